The van der Waals surface area contributed by atoms with E-state index in [1.54, 1.807) is 6.33 Å². The number of piperazine rings is 1. The van der Waals surface area contributed by atoms with Gasteiger partial charge in [-0.25, -0.2) is 19.6 Å². The molecule has 9 nitrogen and oxygen atoms in total. The van der Waals surface area contributed by atoms with Gasteiger partial charge >= 0.3 is 0 Å². The number of hydrogen-bond donors (Lipinski definition) is 0. The second-order valence-corrected chi connectivity index (χ2v) is 7.93. The number of anilines is 2. The van der Waals surface area contributed by atoms with Gasteiger partial charge in [-0.05, 0) is 26.0 Å². The van der Waals surface area contributed by atoms with Crippen LogP contribution in [0.25, 0.3) is 5.82 Å². The molecule has 0 amide bonds. The van der Waals surface area contributed by atoms with Gasteiger partial charge in [-0.1, -0.05) is 0 Å². The van der Waals surface area contributed by atoms with E-state index in [9.17, 15) is 5.26 Å². The summed E-state index contributed by atoms with van der Waals surface area (Å²) in [5, 5.41) is 14.2. The first-order chi connectivity index (χ1) is 15.1. The maximum atomic E-state index is 9.65. The highest BCUT2D eigenvalue weighted by Gasteiger charge is 2.24. The standard InChI is InChI=1S/C22H24N8O/c1-15-9-16(2)30(27-15)21-11-20(24-14-25-21)28-4-6-29(7-5-28)22-17(12-23)10-18-13-31-8-3-19(18)26-22/h9-11,14H,3-8,13H2,1-2H3. The van der Waals surface area contributed by atoms with E-state index in [4.69, 9.17) is 9.72 Å². The third kappa shape index (κ3) is 3.70. The van der Waals surface area contributed by atoms with E-state index in [1.807, 2.05) is 36.7 Å². The Bertz CT molecular complexity index is 1160. The van der Waals surface area contributed by atoms with Crippen molar-refractivity contribution in [2.45, 2.75) is 26.9 Å². The molecule has 31 heavy (non-hydrogen) atoms. The Morgan fingerprint density at radius 2 is 1.77 bits per heavy atom. The van der Waals surface area contributed by atoms with Gasteiger partial charge in [-0.3, -0.25) is 0 Å². The zero-order valence-corrected chi connectivity index (χ0v) is 17.7. The van der Waals surface area contributed by atoms with Crippen LogP contribution in [0.3, 0.4) is 0 Å². The molecule has 9 heteroatoms. The molecule has 0 radical (unpaired) electrons. The van der Waals surface area contributed by atoms with Crippen LogP contribution >= 0.6 is 0 Å². The van der Waals surface area contributed by atoms with E-state index in [0.29, 0.717) is 18.8 Å². The molecule has 5 rings (SSSR count). The first kappa shape index (κ1) is 19.5. The van der Waals surface area contributed by atoms with E-state index in [2.05, 4.69) is 30.9 Å². The van der Waals surface area contributed by atoms with Crippen LogP contribution in [0, 0.1) is 25.2 Å². The number of ether oxygens (including phenoxy) is 1. The van der Waals surface area contributed by atoms with Gasteiger partial charge in [0.25, 0.3) is 0 Å². The molecule has 2 aliphatic heterocycles. The highest BCUT2D eigenvalue weighted by atomic mass is 16.5. The Kier molecular flexibility index (Phi) is 5.00. The van der Waals surface area contributed by atoms with Gasteiger partial charge in [0, 0.05) is 49.9 Å². The quantitative estimate of drug-likeness (QED) is 0.639. The van der Waals surface area contributed by atoms with E-state index < -0.39 is 0 Å². The van der Waals surface area contributed by atoms with Gasteiger partial charge in [0.1, 0.15) is 24.0 Å². The van der Waals surface area contributed by atoms with Crippen LogP contribution in [0.4, 0.5) is 11.6 Å². The van der Waals surface area contributed by atoms with Gasteiger partial charge in [0.2, 0.25) is 0 Å². The molecule has 0 bridgehead atoms. The third-order valence-electron chi connectivity index (χ3n) is 5.80. The fourth-order valence-electron chi connectivity index (χ4n) is 4.23. The lowest BCUT2D eigenvalue weighted by Gasteiger charge is -2.36. The Hall–Kier alpha value is -3.51. The van der Waals surface area contributed by atoms with E-state index in [1.165, 1.54) is 0 Å². The molecule has 158 valence electrons. The lowest BCUT2D eigenvalue weighted by atomic mass is 10.1. The SMILES string of the molecule is Cc1cc(C)n(-c2cc(N3CCN(c4nc5c(cc4C#N)COCC5)CC3)ncn2)n1. The first-order valence-corrected chi connectivity index (χ1v) is 10.5. The Morgan fingerprint density at radius 3 is 2.52 bits per heavy atom. The number of fused-ring (bicyclic) bond motifs is 1. The van der Waals surface area contributed by atoms with Gasteiger partial charge in [0.15, 0.2) is 5.82 Å². The molecule has 1 saturated heterocycles. The molecule has 0 N–H and O–H groups in total. The first-order valence-electron chi connectivity index (χ1n) is 10.5. The fraction of sp³-hybridized carbons (Fsp3) is 0.409. The van der Waals surface area contributed by atoms with Crippen molar-refractivity contribution in [2.75, 3.05) is 42.6 Å². The average Bonchev–Trinajstić information content (AvgIpc) is 3.16. The molecular formula is C22H24N8O. The highest BCUT2D eigenvalue weighted by Crippen LogP contribution is 2.26. The summed E-state index contributed by atoms with van der Waals surface area (Å²) in [4.78, 5) is 18.2. The second kappa shape index (κ2) is 7.96. The molecule has 0 aromatic carbocycles. The Labute approximate surface area is 180 Å². The van der Waals surface area contributed by atoms with Crippen molar-refractivity contribution >= 4 is 11.6 Å². The molecule has 0 aliphatic carbocycles. The lowest BCUT2D eigenvalue weighted by molar-refractivity contribution is 0.109. The van der Waals surface area contributed by atoms with Crippen LogP contribution in [-0.4, -0.2) is 57.5 Å². The van der Waals surface area contributed by atoms with Crippen LogP contribution in [0.5, 0.6) is 0 Å². The summed E-state index contributed by atoms with van der Waals surface area (Å²) in [5.74, 6) is 2.44. The van der Waals surface area contributed by atoms with E-state index in [0.717, 1.165) is 72.7 Å². The predicted molar refractivity (Wildman–Crippen MR) is 115 cm³/mol. The molecule has 0 atom stereocenters. The maximum absolute atomic E-state index is 9.65. The molecule has 0 saturated carbocycles. The number of aromatic nitrogens is 5. The van der Waals surface area contributed by atoms with E-state index in [-0.39, 0.29) is 0 Å². The largest absolute Gasteiger partial charge is 0.376 e. The van der Waals surface area contributed by atoms with Gasteiger partial charge in [-0.15, -0.1) is 0 Å². The molecule has 3 aromatic rings. The maximum Gasteiger partial charge on any atom is 0.159 e. The van der Waals surface area contributed by atoms with Crippen molar-refractivity contribution in [3.63, 3.8) is 0 Å². The van der Waals surface area contributed by atoms with Gasteiger partial charge in [-0.2, -0.15) is 10.4 Å². The van der Waals surface area contributed by atoms with Crippen LogP contribution in [0.1, 0.15) is 28.2 Å². The predicted octanol–water partition coefficient (Wildman–Crippen LogP) is 1.95. The van der Waals surface area contributed by atoms with Crippen LogP contribution < -0.4 is 9.80 Å². The molecule has 0 spiro atoms. The van der Waals surface area contributed by atoms with Crippen LogP contribution in [-0.2, 0) is 17.8 Å². The van der Waals surface area contributed by atoms with Gasteiger partial charge in [0.05, 0.1) is 30.2 Å². The summed E-state index contributed by atoms with van der Waals surface area (Å²) in [6, 6.07) is 8.27. The van der Waals surface area contributed by atoms with Crippen LogP contribution in [0.15, 0.2) is 24.5 Å². The van der Waals surface area contributed by atoms with Crippen molar-refractivity contribution in [3.05, 3.63) is 52.7 Å². The minimum atomic E-state index is 0.538. The number of nitrogens with zero attached hydrogens (tertiary/aromatic N) is 8. The number of aryl methyl sites for hydroxylation is 2. The molecular weight excluding hydrogens is 392 g/mol. The highest BCUT2D eigenvalue weighted by molar-refractivity contribution is 5.57. The molecule has 5 heterocycles. The zero-order valence-electron chi connectivity index (χ0n) is 17.7. The third-order valence-corrected chi connectivity index (χ3v) is 5.80. The Morgan fingerprint density at radius 1 is 1.00 bits per heavy atom. The van der Waals surface area contributed by atoms with Crippen molar-refractivity contribution in [2.24, 2.45) is 0 Å². The minimum absolute atomic E-state index is 0.538. The zero-order chi connectivity index (χ0) is 21.4. The Balaban J connectivity index is 1.34. The summed E-state index contributed by atoms with van der Waals surface area (Å²) in [5.41, 5.74) is 4.70. The molecule has 0 unspecified atom stereocenters. The topological polar surface area (TPSA) is 96.0 Å². The molecule has 3 aromatic heterocycles. The lowest BCUT2D eigenvalue weighted by Crippen LogP contribution is -2.47. The minimum Gasteiger partial charge on any atom is -0.376 e. The van der Waals surface area contributed by atoms with Crippen molar-refractivity contribution in [1.29, 1.82) is 5.26 Å². The van der Waals surface area contributed by atoms with Crippen molar-refractivity contribution in [3.8, 4) is 11.9 Å². The summed E-state index contributed by atoms with van der Waals surface area (Å²) < 4.78 is 7.35. The summed E-state index contributed by atoms with van der Waals surface area (Å²) in [6.07, 6.45) is 2.39. The monoisotopic (exact) mass is 416 g/mol. The average molecular weight is 416 g/mol. The number of rotatable bonds is 3. The summed E-state index contributed by atoms with van der Waals surface area (Å²) in [6.45, 7) is 8.35. The normalized spacial score (nSPS) is 16.2. The second-order valence-electron chi connectivity index (χ2n) is 7.93. The van der Waals surface area contributed by atoms with E-state index >= 15 is 0 Å². The summed E-state index contributed by atoms with van der Waals surface area (Å²) >= 11 is 0. The smallest absolute Gasteiger partial charge is 0.159 e. The van der Waals surface area contributed by atoms with Crippen molar-refractivity contribution < 1.29 is 4.74 Å². The number of nitriles is 1. The van der Waals surface area contributed by atoms with Gasteiger partial charge < -0.3 is 14.5 Å². The summed E-state index contributed by atoms with van der Waals surface area (Å²) in [7, 11) is 0. The van der Waals surface area contributed by atoms with Crippen LogP contribution in [0.2, 0.25) is 0 Å². The molecule has 1 fully saturated rings. The van der Waals surface area contributed by atoms with Crippen molar-refractivity contribution in [1.82, 2.24) is 24.7 Å². The molecule has 2 aliphatic rings. The number of hydrogen-bond acceptors (Lipinski definition) is 8. The fourth-order valence-corrected chi connectivity index (χ4v) is 4.23. The number of pyridine rings is 1.